The van der Waals surface area contributed by atoms with Gasteiger partial charge in [0.2, 0.25) is 0 Å². The van der Waals surface area contributed by atoms with Gasteiger partial charge in [0, 0.05) is 24.1 Å². The molecule has 0 fully saturated rings. The van der Waals surface area contributed by atoms with Gasteiger partial charge in [0.25, 0.3) is 5.91 Å². The molecular weight excluding hydrogens is 504 g/mol. The Labute approximate surface area is 203 Å². The smallest absolute Gasteiger partial charge is 0.274 e. The SMILES string of the molecule is Cc1cc(C(=O)Nc2cc(F)c(C3=NCCN3C)cc2F)n(-c2ccc3cc(Br)ccc3c2)n1. The van der Waals surface area contributed by atoms with Gasteiger partial charge in [-0.2, -0.15) is 5.10 Å². The number of hydrogen-bond donors (Lipinski definition) is 1. The second kappa shape index (κ2) is 8.64. The normalized spacial score (nSPS) is 13.4. The number of anilines is 1. The van der Waals surface area contributed by atoms with Gasteiger partial charge >= 0.3 is 0 Å². The standard InChI is InChI=1S/C25H20BrF2N5O/c1-14-9-23(33(31-14)18-6-4-15-10-17(26)5-3-16(15)11-18)25(34)30-22-13-20(27)19(12-21(22)28)24-29-7-8-32(24)2/h3-6,9-13H,7-8H2,1-2H3,(H,30,34). The number of likely N-dealkylation sites (N-methyl/N-ethyl adjacent to an activating group) is 1. The fourth-order valence-corrected chi connectivity index (χ4v) is 4.40. The van der Waals surface area contributed by atoms with Crippen molar-refractivity contribution in [2.24, 2.45) is 4.99 Å². The summed E-state index contributed by atoms with van der Waals surface area (Å²) in [5, 5.41) is 8.94. The third-order valence-electron chi connectivity index (χ3n) is 5.70. The van der Waals surface area contributed by atoms with E-state index in [0.717, 1.165) is 27.4 Å². The van der Waals surface area contributed by atoms with Gasteiger partial charge in [-0.3, -0.25) is 9.79 Å². The average molecular weight is 524 g/mol. The summed E-state index contributed by atoms with van der Waals surface area (Å²) in [7, 11) is 1.77. The van der Waals surface area contributed by atoms with Crippen molar-refractivity contribution in [3.8, 4) is 5.69 Å². The first-order valence-electron chi connectivity index (χ1n) is 10.6. The second-order valence-electron chi connectivity index (χ2n) is 8.15. The van der Waals surface area contributed by atoms with Crippen LogP contribution in [0.3, 0.4) is 0 Å². The van der Waals surface area contributed by atoms with Crippen LogP contribution in [0.1, 0.15) is 21.7 Å². The summed E-state index contributed by atoms with van der Waals surface area (Å²) >= 11 is 3.46. The van der Waals surface area contributed by atoms with Crippen LogP contribution in [-0.4, -0.2) is 46.6 Å². The van der Waals surface area contributed by atoms with Crippen LogP contribution in [0, 0.1) is 18.6 Å². The zero-order valence-electron chi connectivity index (χ0n) is 18.4. The number of hydrogen-bond acceptors (Lipinski definition) is 4. The Bertz CT molecular complexity index is 1480. The number of aliphatic imine (C=N–C) groups is 1. The molecule has 2 heterocycles. The lowest BCUT2D eigenvalue weighted by molar-refractivity contribution is 0.101. The fraction of sp³-hybridized carbons (Fsp3) is 0.160. The molecule has 6 nitrogen and oxygen atoms in total. The van der Waals surface area contributed by atoms with Gasteiger partial charge in [0.05, 0.1) is 29.2 Å². The number of benzene rings is 3. The zero-order valence-corrected chi connectivity index (χ0v) is 20.0. The largest absolute Gasteiger partial charge is 0.358 e. The molecule has 34 heavy (non-hydrogen) atoms. The fourth-order valence-electron chi connectivity index (χ4n) is 4.02. The third-order valence-corrected chi connectivity index (χ3v) is 6.19. The van der Waals surface area contributed by atoms with E-state index in [4.69, 9.17) is 0 Å². The number of nitrogens with zero attached hydrogens (tertiary/aromatic N) is 4. The van der Waals surface area contributed by atoms with E-state index in [1.165, 1.54) is 4.68 Å². The first kappa shape index (κ1) is 22.2. The number of halogens is 3. The molecule has 0 unspecified atom stereocenters. The number of aryl methyl sites for hydroxylation is 1. The summed E-state index contributed by atoms with van der Waals surface area (Å²) in [4.78, 5) is 19.1. The maximum atomic E-state index is 14.8. The molecule has 0 bridgehead atoms. The van der Waals surface area contributed by atoms with E-state index in [1.54, 1.807) is 24.9 Å². The van der Waals surface area contributed by atoms with Crippen LogP contribution < -0.4 is 5.32 Å². The zero-order chi connectivity index (χ0) is 24.0. The average Bonchev–Trinajstić information content (AvgIpc) is 3.41. The molecule has 5 rings (SSSR count). The van der Waals surface area contributed by atoms with Crippen molar-refractivity contribution in [1.82, 2.24) is 14.7 Å². The molecule has 1 aliphatic heterocycles. The van der Waals surface area contributed by atoms with Crippen molar-refractivity contribution < 1.29 is 13.6 Å². The number of fused-ring (bicyclic) bond motifs is 1. The number of nitrogens with one attached hydrogen (secondary N) is 1. The highest BCUT2D eigenvalue weighted by Gasteiger charge is 2.23. The Morgan fingerprint density at radius 3 is 2.56 bits per heavy atom. The van der Waals surface area contributed by atoms with Gasteiger partial charge in [-0.15, -0.1) is 0 Å². The van der Waals surface area contributed by atoms with Crippen molar-refractivity contribution in [3.63, 3.8) is 0 Å². The van der Waals surface area contributed by atoms with Gasteiger partial charge in [0.15, 0.2) is 0 Å². The molecule has 0 atom stereocenters. The van der Waals surface area contributed by atoms with Gasteiger partial charge in [-0.05, 0) is 54.1 Å². The van der Waals surface area contributed by atoms with Crippen molar-refractivity contribution in [2.45, 2.75) is 6.92 Å². The highest BCUT2D eigenvalue weighted by Crippen LogP contribution is 2.25. The number of rotatable bonds is 4. The summed E-state index contributed by atoms with van der Waals surface area (Å²) in [6.07, 6.45) is 0. The maximum absolute atomic E-state index is 14.8. The van der Waals surface area contributed by atoms with E-state index in [-0.39, 0.29) is 16.9 Å². The Kier molecular flexibility index (Phi) is 5.65. The van der Waals surface area contributed by atoms with Gasteiger partial charge in [0.1, 0.15) is 23.2 Å². The van der Waals surface area contributed by atoms with Crippen LogP contribution >= 0.6 is 15.9 Å². The van der Waals surface area contributed by atoms with Crippen LogP contribution in [0.2, 0.25) is 0 Å². The summed E-state index contributed by atoms with van der Waals surface area (Å²) in [6.45, 7) is 2.93. The van der Waals surface area contributed by atoms with Crippen molar-refractivity contribution in [1.29, 1.82) is 0 Å². The maximum Gasteiger partial charge on any atom is 0.274 e. The highest BCUT2D eigenvalue weighted by molar-refractivity contribution is 9.10. The lowest BCUT2D eigenvalue weighted by Gasteiger charge is -2.16. The van der Waals surface area contributed by atoms with E-state index in [9.17, 15) is 13.6 Å². The molecule has 0 saturated heterocycles. The summed E-state index contributed by atoms with van der Waals surface area (Å²) in [5.41, 5.74) is 1.32. The van der Waals surface area contributed by atoms with E-state index >= 15 is 0 Å². The first-order valence-corrected chi connectivity index (χ1v) is 11.4. The Hall–Kier alpha value is -3.59. The number of aromatic nitrogens is 2. The Morgan fingerprint density at radius 1 is 1.03 bits per heavy atom. The minimum absolute atomic E-state index is 0.0687. The number of amidine groups is 1. The van der Waals surface area contributed by atoms with E-state index in [2.05, 4.69) is 31.3 Å². The summed E-state index contributed by atoms with van der Waals surface area (Å²) in [6, 6.07) is 15.3. The molecule has 1 amide bonds. The van der Waals surface area contributed by atoms with Gasteiger partial charge in [-0.25, -0.2) is 13.5 Å². The lowest BCUT2D eigenvalue weighted by atomic mass is 10.1. The van der Waals surface area contributed by atoms with E-state index in [0.29, 0.717) is 30.3 Å². The van der Waals surface area contributed by atoms with Gasteiger partial charge < -0.3 is 10.2 Å². The monoisotopic (exact) mass is 523 g/mol. The van der Waals surface area contributed by atoms with Crippen LogP contribution in [0.5, 0.6) is 0 Å². The van der Waals surface area contributed by atoms with Gasteiger partial charge in [-0.1, -0.05) is 28.1 Å². The van der Waals surface area contributed by atoms with Crippen molar-refractivity contribution in [2.75, 3.05) is 25.5 Å². The Balaban J connectivity index is 1.47. The molecule has 0 radical (unpaired) electrons. The molecule has 4 aromatic rings. The highest BCUT2D eigenvalue weighted by atomic mass is 79.9. The van der Waals surface area contributed by atoms with E-state index < -0.39 is 17.5 Å². The van der Waals surface area contributed by atoms with Crippen LogP contribution in [-0.2, 0) is 0 Å². The molecule has 172 valence electrons. The molecule has 0 spiro atoms. The second-order valence-corrected chi connectivity index (χ2v) is 9.07. The summed E-state index contributed by atoms with van der Waals surface area (Å²) < 4.78 is 32.1. The van der Waals surface area contributed by atoms with Crippen LogP contribution in [0.15, 0.2) is 64.1 Å². The van der Waals surface area contributed by atoms with Crippen LogP contribution in [0.25, 0.3) is 16.5 Å². The quantitative estimate of drug-likeness (QED) is 0.393. The molecule has 1 N–H and O–H groups in total. The minimum Gasteiger partial charge on any atom is -0.358 e. The predicted molar refractivity (Wildman–Crippen MR) is 132 cm³/mol. The third kappa shape index (κ3) is 4.07. The number of carbonyl (C=O) groups excluding carboxylic acids is 1. The predicted octanol–water partition coefficient (Wildman–Crippen LogP) is 5.32. The van der Waals surface area contributed by atoms with E-state index in [1.807, 2.05) is 36.4 Å². The number of amides is 1. The first-order chi connectivity index (χ1) is 16.3. The lowest BCUT2D eigenvalue weighted by Crippen LogP contribution is -2.25. The Morgan fingerprint density at radius 2 is 1.79 bits per heavy atom. The summed E-state index contributed by atoms with van der Waals surface area (Å²) in [5.74, 6) is -1.61. The van der Waals surface area contributed by atoms with Crippen molar-refractivity contribution >= 4 is 44.1 Å². The molecule has 0 saturated carbocycles. The molecule has 3 aromatic carbocycles. The molecule has 1 aliphatic rings. The molecule has 0 aliphatic carbocycles. The minimum atomic E-state index is -0.744. The van der Waals surface area contributed by atoms with Crippen LogP contribution in [0.4, 0.5) is 14.5 Å². The molecule has 9 heteroatoms. The molecular formula is C25H20BrF2N5O. The molecule has 1 aromatic heterocycles. The van der Waals surface area contributed by atoms with Crippen molar-refractivity contribution in [3.05, 3.63) is 87.7 Å². The number of carbonyl (C=O) groups is 1. The topological polar surface area (TPSA) is 62.5 Å².